The fraction of sp³-hybridized carbons (Fsp3) is 0.200. The highest BCUT2D eigenvalue weighted by Crippen LogP contribution is 2.15. The average Bonchev–Trinajstić information content (AvgIpc) is 3.19. The molecule has 1 aromatic carbocycles. The zero-order valence-electron chi connectivity index (χ0n) is 11.6. The van der Waals surface area contributed by atoms with E-state index in [1.165, 1.54) is 21.7 Å². The van der Waals surface area contributed by atoms with Gasteiger partial charge in [0.15, 0.2) is 5.78 Å². The highest BCUT2D eigenvalue weighted by molar-refractivity contribution is 7.12. The zero-order valence-corrected chi connectivity index (χ0v) is 12.4. The maximum absolute atomic E-state index is 12.0. The first-order valence-electron chi connectivity index (χ1n) is 6.70. The number of hydrogen-bond donors (Lipinski definition) is 0. The number of aryl methyl sites for hydroxylation is 1. The van der Waals surface area contributed by atoms with Crippen LogP contribution < -0.4 is 0 Å². The van der Waals surface area contributed by atoms with E-state index in [2.05, 4.69) is 22.3 Å². The lowest BCUT2D eigenvalue weighted by molar-refractivity contribution is 0.0965. The molecule has 3 rings (SSSR count). The predicted octanol–water partition coefficient (Wildman–Crippen LogP) is 2.85. The molecule has 5 nitrogen and oxygen atoms in total. The van der Waals surface area contributed by atoms with Crippen molar-refractivity contribution in [3.8, 4) is 11.4 Å². The number of ketones is 1. The lowest BCUT2D eigenvalue weighted by Gasteiger charge is -1.98. The molecular formula is C15H14N4OS. The van der Waals surface area contributed by atoms with Crippen molar-refractivity contribution < 1.29 is 4.79 Å². The van der Waals surface area contributed by atoms with E-state index in [1.807, 2.05) is 35.7 Å². The first-order chi connectivity index (χ1) is 10.3. The largest absolute Gasteiger partial charge is 0.291 e. The molecule has 2 aromatic heterocycles. The van der Waals surface area contributed by atoms with Crippen LogP contribution in [0.4, 0.5) is 0 Å². The lowest BCUT2D eigenvalue weighted by Crippen LogP contribution is -2.12. The Kier molecular flexibility index (Phi) is 3.87. The molecule has 0 aliphatic rings. The van der Waals surface area contributed by atoms with E-state index in [9.17, 15) is 4.79 Å². The summed E-state index contributed by atoms with van der Waals surface area (Å²) in [6.07, 6.45) is 0.996. The van der Waals surface area contributed by atoms with Crippen molar-refractivity contribution in [3.63, 3.8) is 0 Å². The molecule has 0 amide bonds. The number of carbonyl (C=O) groups excluding carboxylic acids is 1. The van der Waals surface area contributed by atoms with Crippen molar-refractivity contribution in [2.75, 3.05) is 0 Å². The molecular weight excluding hydrogens is 284 g/mol. The van der Waals surface area contributed by atoms with Crippen molar-refractivity contribution in [2.45, 2.75) is 19.9 Å². The summed E-state index contributed by atoms with van der Waals surface area (Å²) in [6.45, 7) is 2.22. The minimum absolute atomic E-state index is 0.00437. The Morgan fingerprint density at radius 2 is 2.05 bits per heavy atom. The quantitative estimate of drug-likeness (QED) is 0.680. The summed E-state index contributed by atoms with van der Waals surface area (Å²) in [6, 6.07) is 11.7. The highest BCUT2D eigenvalue weighted by atomic mass is 32.1. The number of aromatic nitrogens is 4. The molecule has 21 heavy (non-hydrogen) atoms. The zero-order chi connectivity index (χ0) is 14.7. The number of thiophene rings is 1. The second kappa shape index (κ2) is 5.97. The summed E-state index contributed by atoms with van der Waals surface area (Å²) in [5.74, 6) is 0.534. The van der Waals surface area contributed by atoms with Gasteiger partial charge in [-0.25, -0.2) is 0 Å². The molecule has 0 spiro atoms. The Morgan fingerprint density at radius 3 is 2.71 bits per heavy atom. The van der Waals surface area contributed by atoms with Crippen LogP contribution in [0.25, 0.3) is 11.4 Å². The molecule has 6 heteroatoms. The third-order valence-corrected chi connectivity index (χ3v) is 4.07. The van der Waals surface area contributed by atoms with Crippen molar-refractivity contribution >= 4 is 17.1 Å². The standard InChI is InChI=1S/C15H14N4OS/c1-2-11-5-7-12(8-6-11)15-16-18-19(17-15)10-13(20)14-4-3-9-21-14/h3-9H,2,10H2,1H3. The number of tetrazole rings is 1. The van der Waals surface area contributed by atoms with Gasteiger partial charge in [-0.2, -0.15) is 4.80 Å². The molecule has 0 aliphatic carbocycles. The van der Waals surface area contributed by atoms with Crippen molar-refractivity contribution in [1.82, 2.24) is 20.2 Å². The first kappa shape index (κ1) is 13.6. The summed E-state index contributed by atoms with van der Waals surface area (Å²) in [7, 11) is 0. The normalized spacial score (nSPS) is 10.7. The van der Waals surface area contributed by atoms with Gasteiger partial charge in [0.05, 0.1) is 4.88 Å². The van der Waals surface area contributed by atoms with Gasteiger partial charge in [-0.05, 0) is 28.6 Å². The maximum Gasteiger partial charge on any atom is 0.204 e. The second-order valence-electron chi connectivity index (χ2n) is 4.59. The van der Waals surface area contributed by atoms with Crippen molar-refractivity contribution in [2.24, 2.45) is 0 Å². The number of carbonyl (C=O) groups is 1. The highest BCUT2D eigenvalue weighted by Gasteiger charge is 2.11. The Labute approximate surface area is 126 Å². The molecule has 0 radical (unpaired) electrons. The summed E-state index contributed by atoms with van der Waals surface area (Å²) < 4.78 is 0. The molecule has 106 valence electrons. The van der Waals surface area contributed by atoms with E-state index >= 15 is 0 Å². The molecule has 0 N–H and O–H groups in total. The lowest BCUT2D eigenvalue weighted by atomic mass is 10.1. The monoisotopic (exact) mass is 298 g/mol. The molecule has 0 bridgehead atoms. The van der Waals surface area contributed by atoms with Crippen LogP contribution in [0.2, 0.25) is 0 Å². The SMILES string of the molecule is CCc1ccc(-c2nnn(CC(=O)c3cccs3)n2)cc1. The van der Waals surface area contributed by atoms with Crippen LogP contribution in [-0.2, 0) is 13.0 Å². The van der Waals surface area contributed by atoms with Gasteiger partial charge >= 0.3 is 0 Å². The van der Waals surface area contributed by atoms with Crippen molar-refractivity contribution in [1.29, 1.82) is 0 Å². The van der Waals surface area contributed by atoms with E-state index in [0.717, 1.165) is 12.0 Å². The van der Waals surface area contributed by atoms with Crippen LogP contribution >= 0.6 is 11.3 Å². The summed E-state index contributed by atoms with van der Waals surface area (Å²) >= 11 is 1.42. The fourth-order valence-corrected chi connectivity index (χ4v) is 2.62. The van der Waals surface area contributed by atoms with Crippen LogP contribution in [-0.4, -0.2) is 26.0 Å². The van der Waals surface area contributed by atoms with Gasteiger partial charge in [-0.15, -0.1) is 21.5 Å². The third kappa shape index (κ3) is 3.05. The fourth-order valence-electron chi connectivity index (χ4n) is 1.96. The predicted molar refractivity (Wildman–Crippen MR) is 81.3 cm³/mol. The van der Waals surface area contributed by atoms with E-state index in [1.54, 1.807) is 6.07 Å². The maximum atomic E-state index is 12.0. The molecule has 2 heterocycles. The van der Waals surface area contributed by atoms with E-state index < -0.39 is 0 Å². The van der Waals surface area contributed by atoms with Crippen LogP contribution in [0.15, 0.2) is 41.8 Å². The molecule has 0 unspecified atom stereocenters. The van der Waals surface area contributed by atoms with Crippen LogP contribution in [0.3, 0.4) is 0 Å². The van der Waals surface area contributed by atoms with Gasteiger partial charge in [-0.3, -0.25) is 4.79 Å². The Hall–Kier alpha value is -2.34. The number of hydrogen-bond acceptors (Lipinski definition) is 5. The van der Waals surface area contributed by atoms with E-state index in [0.29, 0.717) is 10.7 Å². The Balaban J connectivity index is 1.75. The minimum atomic E-state index is -0.00437. The number of Topliss-reactive ketones (excluding diaryl/α,β-unsaturated/α-hetero) is 1. The van der Waals surface area contributed by atoms with Gasteiger partial charge in [-0.1, -0.05) is 37.3 Å². The number of benzene rings is 1. The second-order valence-corrected chi connectivity index (χ2v) is 5.54. The smallest absolute Gasteiger partial charge is 0.204 e. The topological polar surface area (TPSA) is 60.7 Å². The third-order valence-electron chi connectivity index (χ3n) is 3.15. The number of rotatable bonds is 5. The molecule has 0 fully saturated rings. The Bertz CT molecular complexity index is 731. The summed E-state index contributed by atoms with van der Waals surface area (Å²) in [5, 5.41) is 14.1. The van der Waals surface area contributed by atoms with Crippen LogP contribution in [0.1, 0.15) is 22.2 Å². The molecule has 0 saturated carbocycles. The van der Waals surface area contributed by atoms with Gasteiger partial charge in [0.1, 0.15) is 6.54 Å². The van der Waals surface area contributed by atoms with Gasteiger partial charge < -0.3 is 0 Å². The molecule has 0 atom stereocenters. The summed E-state index contributed by atoms with van der Waals surface area (Å²) in [4.78, 5) is 14.0. The van der Waals surface area contributed by atoms with Gasteiger partial charge in [0, 0.05) is 5.56 Å². The average molecular weight is 298 g/mol. The van der Waals surface area contributed by atoms with Gasteiger partial charge in [0.25, 0.3) is 0 Å². The van der Waals surface area contributed by atoms with Crippen LogP contribution in [0, 0.1) is 0 Å². The molecule has 0 aliphatic heterocycles. The van der Waals surface area contributed by atoms with E-state index in [4.69, 9.17) is 0 Å². The first-order valence-corrected chi connectivity index (χ1v) is 7.58. The Morgan fingerprint density at radius 1 is 1.24 bits per heavy atom. The van der Waals surface area contributed by atoms with E-state index in [-0.39, 0.29) is 12.3 Å². The molecule has 3 aromatic rings. The summed E-state index contributed by atoms with van der Waals surface area (Å²) in [5.41, 5.74) is 2.17. The minimum Gasteiger partial charge on any atom is -0.291 e. The van der Waals surface area contributed by atoms with Crippen LogP contribution in [0.5, 0.6) is 0 Å². The van der Waals surface area contributed by atoms with Crippen molar-refractivity contribution in [3.05, 3.63) is 52.2 Å². The molecule has 0 saturated heterocycles. The van der Waals surface area contributed by atoms with Gasteiger partial charge in [0.2, 0.25) is 5.82 Å². The number of nitrogens with zero attached hydrogens (tertiary/aromatic N) is 4.